The molecule has 1 aromatic heterocycles. The van der Waals surface area contributed by atoms with Crippen LogP contribution in [0, 0.1) is 6.92 Å². The molecule has 1 aromatic carbocycles. The number of rotatable bonds is 5. The minimum Gasteiger partial charge on any atom is -0.252 e. The van der Waals surface area contributed by atoms with Crippen molar-refractivity contribution in [1.29, 1.82) is 0 Å². The molecular weight excluding hydrogens is 305 g/mol. The summed E-state index contributed by atoms with van der Waals surface area (Å²) in [5.41, 5.74) is 1.82. The van der Waals surface area contributed by atoms with E-state index in [1.54, 1.807) is 0 Å². The lowest BCUT2D eigenvalue weighted by Gasteiger charge is -2.19. The van der Waals surface area contributed by atoms with Gasteiger partial charge in [0, 0.05) is 18.5 Å². The molecule has 22 heavy (non-hydrogen) atoms. The van der Waals surface area contributed by atoms with Crippen LogP contribution in [0.5, 0.6) is 0 Å². The maximum Gasteiger partial charge on any atom is 0.453 e. The summed E-state index contributed by atoms with van der Waals surface area (Å²) in [7, 11) is 0. The number of nitrogens with zero attached hydrogens (tertiary/aromatic N) is 3. The predicted molar refractivity (Wildman–Crippen MR) is 70.4 cm³/mol. The van der Waals surface area contributed by atoms with E-state index >= 15 is 0 Å². The van der Waals surface area contributed by atoms with Crippen molar-refractivity contribution in [2.75, 3.05) is 0 Å². The van der Waals surface area contributed by atoms with Gasteiger partial charge in [-0.1, -0.05) is 29.8 Å². The van der Waals surface area contributed by atoms with Crippen LogP contribution >= 0.6 is 0 Å². The third kappa shape index (κ3) is 3.80. The quantitative estimate of drug-likeness (QED) is 0.772. The Morgan fingerprint density at radius 3 is 2.27 bits per heavy atom. The van der Waals surface area contributed by atoms with Crippen molar-refractivity contribution in [3.8, 4) is 11.4 Å². The molecule has 0 bridgehead atoms. The van der Waals surface area contributed by atoms with Crippen LogP contribution < -0.4 is 0 Å². The van der Waals surface area contributed by atoms with Crippen LogP contribution in [0.3, 0.4) is 0 Å². The van der Waals surface area contributed by atoms with Crippen LogP contribution in [0.1, 0.15) is 18.4 Å². The number of hydrogen-bond acceptors (Lipinski definition) is 2. The van der Waals surface area contributed by atoms with Gasteiger partial charge in [-0.25, -0.2) is 4.98 Å². The molecule has 0 unspecified atom stereocenters. The van der Waals surface area contributed by atoms with Gasteiger partial charge < -0.3 is 0 Å². The van der Waals surface area contributed by atoms with E-state index in [1.807, 2.05) is 31.2 Å². The Labute approximate surface area is 123 Å². The maximum atomic E-state index is 12.8. The second kappa shape index (κ2) is 6.02. The summed E-state index contributed by atoms with van der Waals surface area (Å²) in [6.07, 6.45) is -5.80. The van der Waals surface area contributed by atoms with Gasteiger partial charge in [-0.05, 0) is 13.3 Å². The number of alkyl halides is 5. The maximum absolute atomic E-state index is 12.8. The topological polar surface area (TPSA) is 30.7 Å². The highest BCUT2D eigenvalue weighted by atomic mass is 19.4. The summed E-state index contributed by atoms with van der Waals surface area (Å²) < 4.78 is 62.9. The average molecular weight is 319 g/mol. The molecule has 3 nitrogen and oxygen atoms in total. The summed E-state index contributed by atoms with van der Waals surface area (Å²) in [5, 5.41) is 4.07. The molecule has 0 atom stereocenters. The lowest BCUT2D eigenvalue weighted by molar-refractivity contribution is -0.284. The second-order valence-corrected chi connectivity index (χ2v) is 5.00. The molecule has 1 heterocycles. The molecule has 0 saturated carbocycles. The third-order valence-electron chi connectivity index (χ3n) is 3.14. The van der Waals surface area contributed by atoms with E-state index in [9.17, 15) is 22.0 Å². The first-order chi connectivity index (χ1) is 10.2. The van der Waals surface area contributed by atoms with Crippen molar-refractivity contribution in [3.05, 3.63) is 36.2 Å². The van der Waals surface area contributed by atoms with E-state index < -0.39 is 18.5 Å². The van der Waals surface area contributed by atoms with Gasteiger partial charge in [-0.15, -0.1) is 0 Å². The van der Waals surface area contributed by atoms with Crippen LogP contribution in [0.4, 0.5) is 22.0 Å². The zero-order chi connectivity index (χ0) is 16.4. The highest BCUT2D eigenvalue weighted by Gasteiger charge is 2.56. The molecule has 2 rings (SSSR count). The van der Waals surface area contributed by atoms with E-state index in [0.29, 0.717) is 5.82 Å². The Kier molecular flexibility index (Phi) is 4.48. The number of halogens is 5. The van der Waals surface area contributed by atoms with E-state index in [1.165, 1.54) is 11.0 Å². The fourth-order valence-corrected chi connectivity index (χ4v) is 1.84. The van der Waals surface area contributed by atoms with Crippen molar-refractivity contribution >= 4 is 0 Å². The minimum atomic E-state index is -5.51. The van der Waals surface area contributed by atoms with Gasteiger partial charge >= 0.3 is 12.1 Å². The van der Waals surface area contributed by atoms with Crippen molar-refractivity contribution in [1.82, 2.24) is 14.8 Å². The van der Waals surface area contributed by atoms with Gasteiger partial charge in [0.15, 0.2) is 5.82 Å². The molecule has 0 spiro atoms. The van der Waals surface area contributed by atoms with E-state index in [2.05, 4.69) is 10.1 Å². The predicted octanol–water partition coefficient (Wildman–Crippen LogP) is 4.23. The summed E-state index contributed by atoms with van der Waals surface area (Å²) in [4.78, 5) is 4.02. The molecule has 0 aliphatic heterocycles. The van der Waals surface area contributed by atoms with Gasteiger partial charge in [0.1, 0.15) is 6.33 Å². The summed E-state index contributed by atoms with van der Waals surface area (Å²) >= 11 is 0. The third-order valence-corrected chi connectivity index (χ3v) is 3.14. The highest BCUT2D eigenvalue weighted by molar-refractivity contribution is 5.54. The lowest BCUT2D eigenvalue weighted by Crippen LogP contribution is -2.36. The standard InChI is InChI=1S/C14H14F5N3/c1-10-3-5-11(6-4-10)12-20-9-22(21-12)8-2-7-13(15,16)14(17,18)19/h3-6,9H,2,7-8H2,1H3. The van der Waals surface area contributed by atoms with Crippen molar-refractivity contribution in [2.24, 2.45) is 0 Å². The van der Waals surface area contributed by atoms with Gasteiger partial charge in [-0.2, -0.15) is 27.1 Å². The zero-order valence-electron chi connectivity index (χ0n) is 11.7. The van der Waals surface area contributed by atoms with Gasteiger partial charge in [0.05, 0.1) is 0 Å². The average Bonchev–Trinajstić information content (AvgIpc) is 2.87. The first kappa shape index (κ1) is 16.4. The highest BCUT2D eigenvalue weighted by Crippen LogP contribution is 2.38. The fraction of sp³-hybridized carbons (Fsp3) is 0.429. The van der Waals surface area contributed by atoms with Crippen LogP contribution in [-0.2, 0) is 6.54 Å². The monoisotopic (exact) mass is 319 g/mol. The van der Waals surface area contributed by atoms with Crippen LogP contribution in [0.2, 0.25) is 0 Å². The largest absolute Gasteiger partial charge is 0.453 e. The summed E-state index contributed by atoms with van der Waals surface area (Å²) in [6.45, 7) is 1.88. The van der Waals surface area contributed by atoms with E-state index in [4.69, 9.17) is 0 Å². The number of benzene rings is 1. The van der Waals surface area contributed by atoms with Crippen molar-refractivity contribution in [2.45, 2.75) is 38.4 Å². The van der Waals surface area contributed by atoms with Gasteiger partial charge in [-0.3, -0.25) is 4.68 Å². The lowest BCUT2D eigenvalue weighted by atomic mass is 10.1. The molecular formula is C14H14F5N3. The molecule has 8 heteroatoms. The van der Waals surface area contributed by atoms with Crippen LogP contribution in [0.25, 0.3) is 11.4 Å². The van der Waals surface area contributed by atoms with Gasteiger partial charge in [0.2, 0.25) is 0 Å². The molecule has 0 aliphatic carbocycles. The summed E-state index contributed by atoms with van der Waals surface area (Å²) in [5.74, 6) is -4.27. The Hall–Kier alpha value is -1.99. The Morgan fingerprint density at radius 1 is 1.05 bits per heavy atom. The molecule has 0 fully saturated rings. The SMILES string of the molecule is Cc1ccc(-c2ncn(CCCC(F)(F)C(F)(F)F)n2)cc1. The first-order valence-corrected chi connectivity index (χ1v) is 6.60. The normalized spacial score (nSPS) is 12.6. The second-order valence-electron chi connectivity index (χ2n) is 5.00. The van der Waals surface area contributed by atoms with Crippen LogP contribution in [0.15, 0.2) is 30.6 Å². The van der Waals surface area contributed by atoms with Crippen molar-refractivity contribution < 1.29 is 22.0 Å². The van der Waals surface area contributed by atoms with E-state index in [-0.39, 0.29) is 13.0 Å². The zero-order valence-corrected chi connectivity index (χ0v) is 11.7. The number of aromatic nitrogens is 3. The molecule has 0 aliphatic rings. The van der Waals surface area contributed by atoms with E-state index in [0.717, 1.165) is 11.1 Å². The Balaban J connectivity index is 1.94. The van der Waals surface area contributed by atoms with Gasteiger partial charge in [0.25, 0.3) is 0 Å². The number of aryl methyl sites for hydroxylation is 2. The summed E-state index contributed by atoms with van der Waals surface area (Å²) in [6, 6.07) is 7.37. The molecule has 0 amide bonds. The smallest absolute Gasteiger partial charge is 0.252 e. The minimum absolute atomic E-state index is 0.0511. The number of hydrogen-bond donors (Lipinski definition) is 0. The van der Waals surface area contributed by atoms with Crippen LogP contribution in [-0.4, -0.2) is 26.9 Å². The van der Waals surface area contributed by atoms with Crippen molar-refractivity contribution in [3.63, 3.8) is 0 Å². The first-order valence-electron chi connectivity index (χ1n) is 6.60. The molecule has 0 saturated heterocycles. The molecule has 120 valence electrons. The Bertz CT molecular complexity index is 616. The molecule has 2 aromatic rings. The molecule has 0 N–H and O–H groups in total. The molecule has 0 radical (unpaired) electrons. The fourth-order valence-electron chi connectivity index (χ4n) is 1.84. The Morgan fingerprint density at radius 2 is 1.68 bits per heavy atom.